The fourth-order valence-corrected chi connectivity index (χ4v) is 5.49. The quantitative estimate of drug-likeness (QED) is 0.613. The first kappa shape index (κ1) is 19.6. The number of carboxylic acid groups (broad SMARTS) is 1. The van der Waals surface area contributed by atoms with E-state index in [9.17, 15) is 14.7 Å². The Morgan fingerprint density at radius 3 is 2.55 bits per heavy atom. The van der Waals surface area contributed by atoms with E-state index in [2.05, 4.69) is 0 Å². The van der Waals surface area contributed by atoms with Crippen LogP contribution in [0.3, 0.4) is 0 Å². The van der Waals surface area contributed by atoms with Crippen LogP contribution in [0.2, 0.25) is 0 Å². The van der Waals surface area contributed by atoms with Gasteiger partial charge in [-0.05, 0) is 54.3 Å². The minimum atomic E-state index is -1.01. The molecule has 1 fully saturated rings. The zero-order valence-corrected chi connectivity index (χ0v) is 17.2. The van der Waals surface area contributed by atoms with Gasteiger partial charge in [-0.15, -0.1) is 11.3 Å². The van der Waals surface area contributed by atoms with Crippen molar-refractivity contribution in [3.63, 3.8) is 0 Å². The fraction of sp³-hybridized carbons (Fsp3) is 0.348. The summed E-state index contributed by atoms with van der Waals surface area (Å²) >= 11 is 1.53. The van der Waals surface area contributed by atoms with Crippen LogP contribution in [-0.2, 0) is 4.79 Å². The first-order valence-corrected chi connectivity index (χ1v) is 10.9. The van der Waals surface area contributed by atoms with E-state index in [0.29, 0.717) is 27.7 Å². The summed E-state index contributed by atoms with van der Waals surface area (Å²) in [5.74, 6) is -1.75. The van der Waals surface area contributed by atoms with Crippen LogP contribution in [0.25, 0.3) is 21.5 Å². The van der Waals surface area contributed by atoms with Crippen LogP contribution in [-0.4, -0.2) is 22.0 Å². The molecule has 0 aliphatic heterocycles. The van der Waals surface area contributed by atoms with Crippen molar-refractivity contribution in [2.24, 2.45) is 11.7 Å². The molecule has 2 aromatic heterocycles. The van der Waals surface area contributed by atoms with Gasteiger partial charge in [-0.1, -0.05) is 37.5 Å². The van der Waals surface area contributed by atoms with Gasteiger partial charge in [0.05, 0.1) is 27.6 Å². The Balaban J connectivity index is 1.99. The summed E-state index contributed by atoms with van der Waals surface area (Å²) in [5, 5.41) is 12.6. The van der Waals surface area contributed by atoms with Crippen LogP contribution in [0.15, 0.2) is 35.7 Å². The lowest BCUT2D eigenvalue weighted by Gasteiger charge is -2.29. The summed E-state index contributed by atoms with van der Waals surface area (Å²) < 4.78 is 0. The summed E-state index contributed by atoms with van der Waals surface area (Å²) in [5.41, 5.74) is 8.66. The largest absolute Gasteiger partial charge is 0.478 e. The van der Waals surface area contributed by atoms with E-state index in [0.717, 1.165) is 30.6 Å². The van der Waals surface area contributed by atoms with E-state index in [4.69, 9.17) is 10.7 Å². The number of rotatable bonds is 5. The number of carbonyl (C=O) groups is 2. The van der Waals surface area contributed by atoms with Crippen molar-refractivity contribution in [1.82, 2.24) is 4.98 Å². The van der Waals surface area contributed by atoms with Gasteiger partial charge in [0, 0.05) is 5.39 Å². The average Bonchev–Trinajstić information content (AvgIpc) is 3.23. The normalized spacial score (nSPS) is 16.0. The average molecular weight is 409 g/mol. The molecular formula is C23H24N2O3S. The summed E-state index contributed by atoms with van der Waals surface area (Å²) in [6.45, 7) is 1.79. The van der Waals surface area contributed by atoms with Crippen molar-refractivity contribution in [1.29, 1.82) is 0 Å². The van der Waals surface area contributed by atoms with Crippen molar-refractivity contribution in [3.8, 4) is 10.6 Å². The number of thiophene rings is 1. The van der Waals surface area contributed by atoms with Crippen LogP contribution in [0.5, 0.6) is 0 Å². The Morgan fingerprint density at radius 1 is 1.17 bits per heavy atom. The highest BCUT2D eigenvalue weighted by molar-refractivity contribution is 7.13. The molecule has 4 rings (SSSR count). The lowest BCUT2D eigenvalue weighted by Crippen LogP contribution is -2.30. The molecule has 3 N–H and O–H groups in total. The van der Waals surface area contributed by atoms with Crippen molar-refractivity contribution in [3.05, 3.63) is 52.4 Å². The Morgan fingerprint density at radius 2 is 1.93 bits per heavy atom. The number of hydrogen-bond acceptors (Lipinski definition) is 4. The fourth-order valence-electron chi connectivity index (χ4n) is 4.72. The van der Waals surface area contributed by atoms with Crippen molar-refractivity contribution < 1.29 is 14.7 Å². The molecule has 0 spiro atoms. The van der Waals surface area contributed by atoms with Crippen molar-refractivity contribution in [2.75, 3.05) is 0 Å². The number of carboxylic acids is 1. The summed E-state index contributed by atoms with van der Waals surface area (Å²) in [6, 6.07) is 9.39. The summed E-state index contributed by atoms with van der Waals surface area (Å²) in [7, 11) is 0. The Hall–Kier alpha value is -2.73. The van der Waals surface area contributed by atoms with Gasteiger partial charge in [-0.25, -0.2) is 9.78 Å². The molecule has 1 amide bonds. The third-order valence-corrected chi connectivity index (χ3v) is 6.89. The van der Waals surface area contributed by atoms with Crippen LogP contribution in [0, 0.1) is 12.8 Å². The number of carbonyl (C=O) groups excluding carboxylic acids is 1. The van der Waals surface area contributed by atoms with E-state index in [1.165, 1.54) is 17.8 Å². The Bertz CT molecular complexity index is 1070. The number of aromatic carboxylic acids is 1. The van der Waals surface area contributed by atoms with E-state index in [-0.39, 0.29) is 17.4 Å². The predicted molar refractivity (Wildman–Crippen MR) is 115 cm³/mol. The molecule has 0 bridgehead atoms. The first-order valence-electron chi connectivity index (χ1n) is 9.98. The summed E-state index contributed by atoms with van der Waals surface area (Å²) in [4.78, 5) is 30.6. The van der Waals surface area contributed by atoms with Gasteiger partial charge in [0.15, 0.2) is 0 Å². The third kappa shape index (κ3) is 3.53. The minimum absolute atomic E-state index is 0.144. The van der Waals surface area contributed by atoms with Gasteiger partial charge in [-0.3, -0.25) is 4.79 Å². The molecule has 1 aromatic carbocycles. The second kappa shape index (κ2) is 7.95. The second-order valence-electron chi connectivity index (χ2n) is 7.76. The smallest absolute Gasteiger partial charge is 0.336 e. The van der Waals surface area contributed by atoms with E-state index >= 15 is 0 Å². The molecule has 6 heteroatoms. The predicted octanol–water partition coefficient (Wildman–Crippen LogP) is 5.12. The van der Waals surface area contributed by atoms with Crippen LogP contribution in [0.1, 0.15) is 59.5 Å². The number of pyridine rings is 1. The molecule has 1 aliphatic carbocycles. The molecule has 1 aliphatic rings. The molecule has 0 radical (unpaired) electrons. The second-order valence-corrected chi connectivity index (χ2v) is 8.71. The zero-order chi connectivity index (χ0) is 20.5. The topological polar surface area (TPSA) is 93.3 Å². The van der Waals surface area contributed by atoms with Gasteiger partial charge in [-0.2, -0.15) is 0 Å². The zero-order valence-electron chi connectivity index (χ0n) is 16.4. The minimum Gasteiger partial charge on any atom is -0.478 e. The highest BCUT2D eigenvalue weighted by Crippen LogP contribution is 2.41. The standard InChI is InChI=1S/C23H24N2O3S/c1-13-18(23(27)28)20-15(19(22(24)26)14-7-3-2-4-8-14)9-5-10-16(20)25-21(13)17-11-6-12-29-17/h5-6,9-12,14,19H,2-4,7-8H2,1H3,(H2,24,26)(H,27,28)/t19-/m0/s1. The number of nitrogens with zero attached hydrogens (tertiary/aromatic N) is 1. The molecule has 3 aromatic rings. The number of fused-ring (bicyclic) bond motifs is 1. The Labute approximate surface area is 173 Å². The highest BCUT2D eigenvalue weighted by Gasteiger charge is 2.32. The molecule has 2 heterocycles. The molecule has 1 saturated carbocycles. The van der Waals surface area contributed by atoms with Crippen LogP contribution in [0.4, 0.5) is 0 Å². The SMILES string of the molecule is Cc1c(-c2cccs2)nc2cccc([C@@H](C(N)=O)C3CCCCC3)c2c1C(=O)O. The maximum absolute atomic E-state index is 12.5. The highest BCUT2D eigenvalue weighted by atomic mass is 32.1. The molecule has 0 saturated heterocycles. The molecule has 0 unspecified atom stereocenters. The monoisotopic (exact) mass is 408 g/mol. The number of primary amides is 1. The van der Waals surface area contributed by atoms with E-state index in [1.54, 1.807) is 6.92 Å². The molecular weight excluding hydrogens is 384 g/mol. The van der Waals surface area contributed by atoms with Crippen molar-refractivity contribution in [2.45, 2.75) is 44.9 Å². The number of amides is 1. The number of nitrogens with two attached hydrogens (primary N) is 1. The van der Waals surface area contributed by atoms with Gasteiger partial charge in [0.2, 0.25) is 5.91 Å². The number of benzene rings is 1. The van der Waals surface area contributed by atoms with Gasteiger partial charge in [0.25, 0.3) is 0 Å². The van der Waals surface area contributed by atoms with Crippen LogP contribution < -0.4 is 5.73 Å². The maximum atomic E-state index is 12.5. The van der Waals surface area contributed by atoms with E-state index < -0.39 is 11.9 Å². The summed E-state index contributed by atoms with van der Waals surface area (Å²) in [6.07, 6.45) is 5.19. The van der Waals surface area contributed by atoms with Crippen LogP contribution >= 0.6 is 11.3 Å². The van der Waals surface area contributed by atoms with E-state index in [1.807, 2.05) is 35.7 Å². The maximum Gasteiger partial charge on any atom is 0.336 e. The molecule has 150 valence electrons. The third-order valence-electron chi connectivity index (χ3n) is 6.02. The number of aromatic nitrogens is 1. The lowest BCUT2D eigenvalue weighted by molar-refractivity contribution is -0.120. The lowest BCUT2D eigenvalue weighted by atomic mass is 9.75. The first-order chi connectivity index (χ1) is 14.0. The molecule has 5 nitrogen and oxygen atoms in total. The molecule has 29 heavy (non-hydrogen) atoms. The van der Waals surface area contributed by atoms with Gasteiger partial charge in [0.1, 0.15) is 0 Å². The van der Waals surface area contributed by atoms with Crippen molar-refractivity contribution >= 4 is 34.1 Å². The van der Waals surface area contributed by atoms with Gasteiger partial charge >= 0.3 is 5.97 Å². The molecule has 1 atom stereocenters. The van der Waals surface area contributed by atoms with Gasteiger partial charge < -0.3 is 10.8 Å². The Kier molecular flexibility index (Phi) is 5.37. The number of hydrogen-bond donors (Lipinski definition) is 2.